The number of nitrogen functional groups attached to an aromatic ring is 1. The predicted molar refractivity (Wildman–Crippen MR) is 55.2 cm³/mol. The van der Waals surface area contributed by atoms with Crippen LogP contribution in [0.5, 0.6) is 0 Å². The zero-order valence-electron chi connectivity index (χ0n) is 7.22. The zero-order chi connectivity index (χ0) is 9.26. The van der Waals surface area contributed by atoms with Gasteiger partial charge in [0.25, 0.3) is 0 Å². The van der Waals surface area contributed by atoms with Crippen LogP contribution in [-0.2, 0) is 0 Å². The maximum atomic E-state index is 12.6. The fourth-order valence-corrected chi connectivity index (χ4v) is 1.09. The lowest BCUT2D eigenvalue weighted by Crippen LogP contribution is -1.89. The van der Waals surface area contributed by atoms with E-state index in [2.05, 4.69) is 4.98 Å². The third-order valence-corrected chi connectivity index (χ3v) is 1.73. The Morgan fingerprint density at radius 3 is 2.36 bits per heavy atom. The summed E-state index contributed by atoms with van der Waals surface area (Å²) in [5.41, 5.74) is 6.28. The van der Waals surface area contributed by atoms with Crippen LogP contribution in [0.4, 0.5) is 10.2 Å². The van der Waals surface area contributed by atoms with Gasteiger partial charge < -0.3 is 10.3 Å². The standard InChI is InChI=1S/C9H8FN3.ClH/c10-7-1-3-8(4-2-7)13-5-9(11)12-6-13;/h1-6H,11H2;1H. The average Bonchev–Trinajstić information content (AvgIpc) is 2.53. The van der Waals surface area contributed by atoms with Crippen molar-refractivity contribution in [2.24, 2.45) is 0 Å². The second-order valence-corrected chi connectivity index (χ2v) is 2.68. The first-order chi connectivity index (χ1) is 6.25. The number of hydrogen-bond donors (Lipinski definition) is 1. The molecule has 2 rings (SSSR count). The van der Waals surface area contributed by atoms with Gasteiger partial charge in [-0.05, 0) is 24.3 Å². The van der Waals surface area contributed by atoms with Crippen molar-refractivity contribution < 1.29 is 4.39 Å². The van der Waals surface area contributed by atoms with Crippen molar-refractivity contribution in [3.8, 4) is 5.69 Å². The fraction of sp³-hybridized carbons (Fsp3) is 0. The van der Waals surface area contributed by atoms with Gasteiger partial charge in [0, 0.05) is 5.69 Å². The SMILES string of the molecule is Cl.Nc1cn(-c2ccc(F)cc2)cn1. The highest BCUT2D eigenvalue weighted by Crippen LogP contribution is 2.09. The van der Waals surface area contributed by atoms with Crippen LogP contribution in [0.15, 0.2) is 36.8 Å². The van der Waals surface area contributed by atoms with Gasteiger partial charge in [-0.15, -0.1) is 12.4 Å². The third-order valence-electron chi connectivity index (χ3n) is 1.73. The molecule has 5 heteroatoms. The first kappa shape index (κ1) is 10.5. The largest absolute Gasteiger partial charge is 0.382 e. The Kier molecular flexibility index (Phi) is 3.09. The van der Waals surface area contributed by atoms with Crippen molar-refractivity contribution in [3.63, 3.8) is 0 Å². The molecule has 0 fully saturated rings. The number of imidazole rings is 1. The topological polar surface area (TPSA) is 43.8 Å². The highest BCUT2D eigenvalue weighted by molar-refractivity contribution is 5.85. The zero-order valence-corrected chi connectivity index (χ0v) is 8.04. The molecule has 0 spiro atoms. The maximum Gasteiger partial charge on any atom is 0.141 e. The summed E-state index contributed by atoms with van der Waals surface area (Å²) in [5.74, 6) is 0.196. The molecular formula is C9H9ClFN3. The lowest BCUT2D eigenvalue weighted by molar-refractivity contribution is 0.627. The van der Waals surface area contributed by atoms with Crippen LogP contribution in [0.3, 0.4) is 0 Å². The van der Waals surface area contributed by atoms with Gasteiger partial charge in [0.2, 0.25) is 0 Å². The fourth-order valence-electron chi connectivity index (χ4n) is 1.09. The summed E-state index contributed by atoms with van der Waals surface area (Å²) in [5, 5.41) is 0. The number of hydrogen-bond acceptors (Lipinski definition) is 2. The molecular weight excluding hydrogens is 205 g/mol. The molecule has 2 aromatic rings. The number of nitrogens with two attached hydrogens (primary N) is 1. The van der Waals surface area contributed by atoms with Gasteiger partial charge in [-0.3, -0.25) is 0 Å². The Bertz CT molecular complexity index is 410. The molecule has 0 aliphatic rings. The first-order valence-corrected chi connectivity index (χ1v) is 3.81. The van der Waals surface area contributed by atoms with E-state index in [-0.39, 0.29) is 18.2 Å². The maximum absolute atomic E-state index is 12.6. The minimum absolute atomic E-state index is 0. The molecule has 0 amide bonds. The van der Waals surface area contributed by atoms with Crippen molar-refractivity contribution in [2.75, 3.05) is 5.73 Å². The molecule has 3 nitrogen and oxygen atoms in total. The van der Waals surface area contributed by atoms with Crippen LogP contribution >= 0.6 is 12.4 Å². The molecule has 0 aliphatic heterocycles. The Morgan fingerprint density at radius 1 is 1.21 bits per heavy atom. The Labute approximate surface area is 86.8 Å². The Balaban J connectivity index is 0.000000980. The summed E-state index contributed by atoms with van der Waals surface area (Å²) >= 11 is 0. The van der Waals surface area contributed by atoms with Crippen LogP contribution in [0, 0.1) is 5.82 Å². The molecule has 74 valence electrons. The summed E-state index contributed by atoms with van der Waals surface area (Å²) < 4.78 is 14.3. The van der Waals surface area contributed by atoms with E-state index in [0.717, 1.165) is 5.69 Å². The van der Waals surface area contributed by atoms with Gasteiger partial charge in [0.05, 0.1) is 6.20 Å². The van der Waals surface area contributed by atoms with Gasteiger partial charge in [-0.1, -0.05) is 0 Å². The average molecular weight is 214 g/mol. The quantitative estimate of drug-likeness (QED) is 0.788. The second kappa shape index (κ2) is 4.11. The molecule has 0 aliphatic carbocycles. The molecule has 2 N–H and O–H groups in total. The molecule has 0 radical (unpaired) electrons. The normalized spacial score (nSPS) is 9.50. The van der Waals surface area contributed by atoms with Crippen LogP contribution < -0.4 is 5.73 Å². The molecule has 0 saturated heterocycles. The molecule has 1 aromatic heterocycles. The number of rotatable bonds is 1. The summed E-state index contributed by atoms with van der Waals surface area (Å²) in [7, 11) is 0. The molecule has 1 heterocycles. The monoisotopic (exact) mass is 213 g/mol. The van der Waals surface area contributed by atoms with E-state index in [4.69, 9.17) is 5.73 Å². The van der Waals surface area contributed by atoms with Crippen LogP contribution in [-0.4, -0.2) is 9.55 Å². The number of benzene rings is 1. The number of nitrogens with zero attached hydrogens (tertiary/aromatic N) is 2. The van der Waals surface area contributed by atoms with Gasteiger partial charge in [0.15, 0.2) is 0 Å². The summed E-state index contributed by atoms with van der Waals surface area (Å²) in [6.45, 7) is 0. The van der Waals surface area contributed by atoms with Crippen molar-refractivity contribution in [1.82, 2.24) is 9.55 Å². The highest BCUT2D eigenvalue weighted by Gasteiger charge is 1.97. The van der Waals surface area contributed by atoms with Crippen molar-refractivity contribution in [3.05, 3.63) is 42.6 Å². The van der Waals surface area contributed by atoms with E-state index in [0.29, 0.717) is 5.82 Å². The smallest absolute Gasteiger partial charge is 0.141 e. The summed E-state index contributed by atoms with van der Waals surface area (Å²) in [4.78, 5) is 3.86. The predicted octanol–water partition coefficient (Wildman–Crippen LogP) is 2.02. The Morgan fingerprint density at radius 2 is 1.86 bits per heavy atom. The summed E-state index contributed by atoms with van der Waals surface area (Å²) in [6, 6.07) is 6.12. The van der Waals surface area contributed by atoms with E-state index in [9.17, 15) is 4.39 Å². The van der Waals surface area contributed by atoms with Gasteiger partial charge >= 0.3 is 0 Å². The van der Waals surface area contributed by atoms with E-state index in [1.165, 1.54) is 12.1 Å². The minimum Gasteiger partial charge on any atom is -0.382 e. The van der Waals surface area contributed by atoms with Crippen molar-refractivity contribution >= 4 is 18.2 Å². The molecule has 0 atom stereocenters. The van der Waals surface area contributed by atoms with Crippen LogP contribution in [0.25, 0.3) is 5.69 Å². The molecule has 0 saturated carbocycles. The number of aromatic nitrogens is 2. The van der Waals surface area contributed by atoms with Crippen LogP contribution in [0.1, 0.15) is 0 Å². The third kappa shape index (κ3) is 2.03. The number of halogens is 2. The van der Waals surface area contributed by atoms with Crippen molar-refractivity contribution in [2.45, 2.75) is 0 Å². The lowest BCUT2D eigenvalue weighted by atomic mass is 10.3. The van der Waals surface area contributed by atoms with E-state index in [1.54, 1.807) is 29.2 Å². The lowest BCUT2D eigenvalue weighted by Gasteiger charge is -1.99. The molecule has 1 aromatic carbocycles. The van der Waals surface area contributed by atoms with E-state index < -0.39 is 0 Å². The van der Waals surface area contributed by atoms with Gasteiger partial charge in [0.1, 0.15) is 18.0 Å². The molecule has 14 heavy (non-hydrogen) atoms. The molecule has 0 bridgehead atoms. The minimum atomic E-state index is -0.253. The molecule has 0 unspecified atom stereocenters. The van der Waals surface area contributed by atoms with Crippen LogP contribution in [0.2, 0.25) is 0 Å². The van der Waals surface area contributed by atoms with E-state index in [1.807, 2.05) is 0 Å². The van der Waals surface area contributed by atoms with E-state index >= 15 is 0 Å². The highest BCUT2D eigenvalue weighted by atomic mass is 35.5. The summed E-state index contributed by atoms with van der Waals surface area (Å²) in [6.07, 6.45) is 3.26. The van der Waals surface area contributed by atoms with Gasteiger partial charge in [-0.2, -0.15) is 0 Å². The number of anilines is 1. The second-order valence-electron chi connectivity index (χ2n) is 2.68. The van der Waals surface area contributed by atoms with Gasteiger partial charge in [-0.25, -0.2) is 9.37 Å². The van der Waals surface area contributed by atoms with Crippen molar-refractivity contribution in [1.29, 1.82) is 0 Å². The Hall–Kier alpha value is -1.55. The first-order valence-electron chi connectivity index (χ1n) is 3.81.